The molecule has 0 unspecified atom stereocenters. The quantitative estimate of drug-likeness (QED) is 0.423. The van der Waals surface area contributed by atoms with Gasteiger partial charge in [-0.3, -0.25) is 0 Å². The third-order valence-corrected chi connectivity index (χ3v) is 8.35. The number of hydrogen-bond donors (Lipinski definition) is 2. The summed E-state index contributed by atoms with van der Waals surface area (Å²) in [4.78, 5) is 10.2. The number of ether oxygens (including phenoxy) is 2. The first-order chi connectivity index (χ1) is 10.2. The van der Waals surface area contributed by atoms with Crippen LogP contribution in [0.4, 0.5) is 4.79 Å². The molecular weight excluding hydrogens is 302 g/mol. The third kappa shape index (κ3) is 11.0. The first-order valence-electron chi connectivity index (χ1n) is 7.93. The summed E-state index contributed by atoms with van der Waals surface area (Å²) in [6, 6.07) is 0. The van der Waals surface area contributed by atoms with Crippen molar-refractivity contribution >= 4 is 14.4 Å². The summed E-state index contributed by atoms with van der Waals surface area (Å²) >= 11 is 0. The number of carboxylic acid groups (broad SMARTS) is 1. The first-order valence-corrected chi connectivity index (χ1v) is 10.8. The van der Waals surface area contributed by atoms with Crippen LogP contribution in [0, 0.1) is 0 Å². The van der Waals surface area contributed by atoms with Gasteiger partial charge in [-0.15, -0.1) is 0 Å². The summed E-state index contributed by atoms with van der Waals surface area (Å²) < 4.78 is 16.9. The Hall–Kier alpha value is -0.633. The largest absolute Gasteiger partial charge is 0.465 e. The van der Waals surface area contributed by atoms with Crippen LogP contribution in [0.2, 0.25) is 18.1 Å². The van der Waals surface area contributed by atoms with Crippen LogP contribution in [0.25, 0.3) is 0 Å². The van der Waals surface area contributed by atoms with Crippen LogP contribution in [-0.2, 0) is 13.9 Å². The Morgan fingerprint density at radius 3 is 2.05 bits per heavy atom. The lowest BCUT2D eigenvalue weighted by molar-refractivity contribution is 0.0423. The second kappa shape index (κ2) is 11.0. The average Bonchev–Trinajstić information content (AvgIpc) is 2.38. The summed E-state index contributed by atoms with van der Waals surface area (Å²) in [6.07, 6.45) is 0.574. The van der Waals surface area contributed by atoms with Gasteiger partial charge < -0.3 is 24.3 Å². The van der Waals surface area contributed by atoms with Gasteiger partial charge in [0, 0.05) is 26.4 Å². The second-order valence-electron chi connectivity index (χ2n) is 6.77. The lowest BCUT2D eigenvalue weighted by Crippen LogP contribution is -2.41. The van der Waals surface area contributed by atoms with E-state index in [0.29, 0.717) is 39.4 Å². The Morgan fingerprint density at radius 1 is 1.00 bits per heavy atom. The molecule has 0 aromatic carbocycles. The molecule has 0 bridgehead atoms. The van der Waals surface area contributed by atoms with Crippen molar-refractivity contribution in [3.63, 3.8) is 0 Å². The Morgan fingerprint density at radius 2 is 1.55 bits per heavy atom. The predicted molar refractivity (Wildman–Crippen MR) is 90.0 cm³/mol. The summed E-state index contributed by atoms with van der Waals surface area (Å²) in [7, 11) is -1.64. The maximum Gasteiger partial charge on any atom is 0.404 e. The zero-order valence-corrected chi connectivity index (χ0v) is 15.7. The molecule has 0 heterocycles. The molecule has 0 saturated heterocycles. The number of hydrogen-bond acceptors (Lipinski definition) is 4. The van der Waals surface area contributed by atoms with E-state index < -0.39 is 14.4 Å². The average molecular weight is 336 g/mol. The molecule has 0 aromatic heterocycles. The number of carbonyl (C=O) groups is 1. The van der Waals surface area contributed by atoms with Crippen LogP contribution in [0.3, 0.4) is 0 Å². The van der Waals surface area contributed by atoms with Crippen molar-refractivity contribution in [2.75, 3.05) is 39.6 Å². The lowest BCUT2D eigenvalue weighted by Gasteiger charge is -2.36. The van der Waals surface area contributed by atoms with Crippen LogP contribution < -0.4 is 5.32 Å². The van der Waals surface area contributed by atoms with Gasteiger partial charge in [-0.1, -0.05) is 20.8 Å². The minimum atomic E-state index is -1.64. The summed E-state index contributed by atoms with van der Waals surface area (Å²) in [5.41, 5.74) is 0. The predicted octanol–water partition coefficient (Wildman–Crippen LogP) is 3.09. The fourth-order valence-electron chi connectivity index (χ4n) is 1.40. The summed E-state index contributed by atoms with van der Waals surface area (Å²) in [5, 5.41) is 10.9. The van der Waals surface area contributed by atoms with Gasteiger partial charge in [0.25, 0.3) is 0 Å². The number of rotatable bonds is 12. The van der Waals surface area contributed by atoms with Gasteiger partial charge in [0.1, 0.15) is 0 Å². The Balaban J connectivity index is 3.33. The summed E-state index contributed by atoms with van der Waals surface area (Å²) in [6.45, 7) is 14.7. The fourth-order valence-corrected chi connectivity index (χ4v) is 2.48. The zero-order chi connectivity index (χ0) is 17.1. The molecule has 1 amide bonds. The van der Waals surface area contributed by atoms with Gasteiger partial charge in [0.15, 0.2) is 8.32 Å². The molecule has 0 aliphatic rings. The van der Waals surface area contributed by atoms with E-state index in [4.69, 9.17) is 19.0 Å². The maximum absolute atomic E-state index is 10.2. The Labute approximate surface area is 135 Å². The van der Waals surface area contributed by atoms with Crippen molar-refractivity contribution in [2.45, 2.75) is 51.7 Å². The normalized spacial score (nSPS) is 12.4. The molecule has 0 atom stereocenters. The molecule has 0 aliphatic heterocycles. The van der Waals surface area contributed by atoms with Crippen molar-refractivity contribution in [3.05, 3.63) is 0 Å². The highest BCUT2D eigenvalue weighted by Crippen LogP contribution is 2.36. The van der Waals surface area contributed by atoms with Gasteiger partial charge in [0.2, 0.25) is 0 Å². The van der Waals surface area contributed by atoms with Gasteiger partial charge in [-0.25, -0.2) is 4.79 Å². The van der Waals surface area contributed by atoms with Gasteiger partial charge in [-0.2, -0.15) is 0 Å². The Bertz CT molecular complexity index is 305. The lowest BCUT2D eigenvalue weighted by atomic mass is 10.2. The van der Waals surface area contributed by atoms with E-state index >= 15 is 0 Å². The van der Waals surface area contributed by atoms with E-state index in [1.165, 1.54) is 0 Å². The molecule has 2 N–H and O–H groups in total. The second-order valence-corrected chi connectivity index (χ2v) is 11.6. The van der Waals surface area contributed by atoms with Gasteiger partial charge in [0.05, 0.1) is 13.2 Å². The van der Waals surface area contributed by atoms with Crippen LogP contribution in [0.15, 0.2) is 0 Å². The van der Waals surface area contributed by atoms with Gasteiger partial charge in [-0.05, 0) is 31.0 Å². The highest BCUT2D eigenvalue weighted by atomic mass is 28.4. The molecule has 0 aliphatic carbocycles. The Kier molecular flexibility index (Phi) is 10.7. The van der Waals surface area contributed by atoms with Crippen molar-refractivity contribution in [3.8, 4) is 0 Å². The minimum Gasteiger partial charge on any atom is -0.465 e. The molecule has 0 aromatic rings. The molecule has 0 fully saturated rings. The maximum atomic E-state index is 10.2. The molecule has 0 radical (unpaired) electrons. The monoisotopic (exact) mass is 335 g/mol. The van der Waals surface area contributed by atoms with E-state index in [-0.39, 0.29) is 5.04 Å². The number of nitrogens with one attached hydrogen (secondary N) is 1. The SMILES string of the molecule is CC(C)(C)[Si](C)(C)OCCCOCCOCCCNC(=O)O. The van der Waals surface area contributed by atoms with Crippen molar-refractivity contribution in [1.82, 2.24) is 5.32 Å². The zero-order valence-electron chi connectivity index (χ0n) is 14.7. The third-order valence-electron chi connectivity index (χ3n) is 3.82. The molecule has 6 nitrogen and oxygen atoms in total. The van der Waals surface area contributed by atoms with E-state index in [2.05, 4.69) is 39.2 Å². The van der Waals surface area contributed by atoms with E-state index in [1.807, 2.05) is 0 Å². The fraction of sp³-hybridized carbons (Fsp3) is 0.933. The van der Waals surface area contributed by atoms with Crippen molar-refractivity contribution in [2.24, 2.45) is 0 Å². The topological polar surface area (TPSA) is 77.0 Å². The highest BCUT2D eigenvalue weighted by molar-refractivity contribution is 6.74. The summed E-state index contributed by atoms with van der Waals surface area (Å²) in [5.74, 6) is 0. The van der Waals surface area contributed by atoms with Crippen molar-refractivity contribution < 1.29 is 23.8 Å². The molecule has 22 heavy (non-hydrogen) atoms. The van der Waals surface area contributed by atoms with E-state index in [0.717, 1.165) is 13.0 Å². The van der Waals surface area contributed by atoms with Crippen LogP contribution in [-0.4, -0.2) is 59.1 Å². The van der Waals surface area contributed by atoms with Crippen molar-refractivity contribution in [1.29, 1.82) is 0 Å². The molecule has 0 rings (SSSR count). The molecule has 0 saturated carbocycles. The number of amides is 1. The van der Waals surface area contributed by atoms with Gasteiger partial charge >= 0.3 is 6.09 Å². The first kappa shape index (κ1) is 21.4. The van der Waals surface area contributed by atoms with E-state index in [1.54, 1.807) is 0 Å². The van der Waals surface area contributed by atoms with E-state index in [9.17, 15) is 4.79 Å². The molecule has 132 valence electrons. The molecular formula is C15H33NO5Si. The van der Waals surface area contributed by atoms with Crippen LogP contribution >= 0.6 is 0 Å². The van der Waals surface area contributed by atoms with Crippen LogP contribution in [0.5, 0.6) is 0 Å². The molecule has 7 heteroatoms. The highest BCUT2D eigenvalue weighted by Gasteiger charge is 2.36. The molecule has 0 spiro atoms. The van der Waals surface area contributed by atoms with Crippen LogP contribution in [0.1, 0.15) is 33.6 Å². The minimum absolute atomic E-state index is 0.247. The smallest absolute Gasteiger partial charge is 0.404 e. The standard InChI is InChI=1S/C15H33NO5Si/c1-15(2,3)22(4,5)21-11-7-10-20-13-12-19-9-6-8-16-14(17)18/h16H,6-13H2,1-5H3,(H,17,18).